The van der Waals surface area contributed by atoms with Gasteiger partial charge in [-0.05, 0) is 31.5 Å². The number of nitrogens with one attached hydrogen (secondary N) is 1. The SMILES string of the molecule is CC(C)OCc1ccc(C(=O)OCC(=O)NCCC#N)cc1. The molecule has 1 aromatic carbocycles. The summed E-state index contributed by atoms with van der Waals surface area (Å²) in [6, 6.07) is 8.74. The molecule has 0 aromatic heterocycles. The Morgan fingerprint density at radius 2 is 1.95 bits per heavy atom. The molecule has 0 saturated heterocycles. The van der Waals surface area contributed by atoms with E-state index in [9.17, 15) is 9.59 Å². The van der Waals surface area contributed by atoms with Crippen molar-refractivity contribution in [1.82, 2.24) is 5.32 Å². The van der Waals surface area contributed by atoms with Gasteiger partial charge < -0.3 is 14.8 Å². The fourth-order valence-corrected chi connectivity index (χ4v) is 1.52. The molecule has 0 bridgehead atoms. The van der Waals surface area contributed by atoms with E-state index < -0.39 is 11.9 Å². The Balaban J connectivity index is 2.39. The van der Waals surface area contributed by atoms with E-state index in [0.29, 0.717) is 12.2 Å². The Hall–Kier alpha value is -2.39. The van der Waals surface area contributed by atoms with E-state index in [-0.39, 0.29) is 25.7 Å². The molecule has 118 valence electrons. The highest BCUT2D eigenvalue weighted by Crippen LogP contribution is 2.08. The summed E-state index contributed by atoms with van der Waals surface area (Å²) in [4.78, 5) is 23.1. The van der Waals surface area contributed by atoms with Gasteiger partial charge in [-0.25, -0.2) is 4.79 Å². The van der Waals surface area contributed by atoms with E-state index >= 15 is 0 Å². The van der Waals surface area contributed by atoms with E-state index in [1.54, 1.807) is 24.3 Å². The second-order valence-electron chi connectivity index (χ2n) is 4.89. The maximum atomic E-state index is 11.8. The summed E-state index contributed by atoms with van der Waals surface area (Å²) >= 11 is 0. The molecule has 22 heavy (non-hydrogen) atoms. The van der Waals surface area contributed by atoms with Crippen molar-refractivity contribution in [3.63, 3.8) is 0 Å². The van der Waals surface area contributed by atoms with E-state index in [1.165, 1.54) is 0 Å². The molecule has 0 fully saturated rings. The van der Waals surface area contributed by atoms with Gasteiger partial charge in [0.25, 0.3) is 5.91 Å². The molecular formula is C16H20N2O4. The van der Waals surface area contributed by atoms with Crippen molar-refractivity contribution >= 4 is 11.9 Å². The summed E-state index contributed by atoms with van der Waals surface area (Å²) in [6.45, 7) is 4.27. The van der Waals surface area contributed by atoms with Gasteiger partial charge in [-0.15, -0.1) is 0 Å². The van der Waals surface area contributed by atoms with Crippen LogP contribution in [0.2, 0.25) is 0 Å². The Bertz CT molecular complexity index is 532. The second kappa shape index (κ2) is 9.53. The number of hydrogen-bond donors (Lipinski definition) is 1. The van der Waals surface area contributed by atoms with Crippen molar-refractivity contribution in [2.75, 3.05) is 13.2 Å². The monoisotopic (exact) mass is 304 g/mol. The van der Waals surface area contributed by atoms with Crippen LogP contribution in [-0.2, 0) is 20.9 Å². The van der Waals surface area contributed by atoms with Crippen molar-refractivity contribution in [2.45, 2.75) is 33.0 Å². The van der Waals surface area contributed by atoms with Crippen LogP contribution in [0.4, 0.5) is 0 Å². The van der Waals surface area contributed by atoms with Gasteiger partial charge in [0.05, 0.1) is 30.8 Å². The Kier molecular flexibility index (Phi) is 7.65. The van der Waals surface area contributed by atoms with Gasteiger partial charge in [-0.3, -0.25) is 4.79 Å². The number of ether oxygens (including phenoxy) is 2. The molecule has 1 rings (SSSR count). The molecule has 0 unspecified atom stereocenters. The van der Waals surface area contributed by atoms with Gasteiger partial charge in [0.2, 0.25) is 0 Å². The minimum absolute atomic E-state index is 0.143. The number of nitrogens with zero attached hydrogens (tertiary/aromatic N) is 1. The highest BCUT2D eigenvalue weighted by atomic mass is 16.5. The molecule has 0 heterocycles. The van der Waals surface area contributed by atoms with Gasteiger partial charge >= 0.3 is 5.97 Å². The zero-order chi connectivity index (χ0) is 16.4. The molecule has 0 aliphatic carbocycles. The van der Waals surface area contributed by atoms with Gasteiger partial charge in [-0.1, -0.05) is 12.1 Å². The van der Waals surface area contributed by atoms with Crippen LogP contribution in [0.15, 0.2) is 24.3 Å². The Morgan fingerprint density at radius 3 is 2.55 bits per heavy atom. The zero-order valence-corrected chi connectivity index (χ0v) is 12.8. The van der Waals surface area contributed by atoms with Crippen LogP contribution in [0.25, 0.3) is 0 Å². The molecule has 0 atom stereocenters. The van der Waals surface area contributed by atoms with E-state index in [1.807, 2.05) is 19.9 Å². The highest BCUT2D eigenvalue weighted by molar-refractivity contribution is 5.91. The lowest BCUT2D eigenvalue weighted by molar-refractivity contribution is -0.124. The molecule has 6 nitrogen and oxygen atoms in total. The number of carbonyl (C=O) groups excluding carboxylic acids is 2. The van der Waals surface area contributed by atoms with Crippen molar-refractivity contribution in [2.24, 2.45) is 0 Å². The minimum Gasteiger partial charge on any atom is -0.452 e. The summed E-state index contributed by atoms with van der Waals surface area (Å²) in [5.41, 5.74) is 1.33. The predicted octanol–water partition coefficient (Wildman–Crippen LogP) is 1.80. The average Bonchev–Trinajstić information content (AvgIpc) is 2.51. The molecule has 0 aliphatic heterocycles. The zero-order valence-electron chi connectivity index (χ0n) is 12.8. The first kappa shape index (κ1) is 17.7. The smallest absolute Gasteiger partial charge is 0.338 e. The van der Waals surface area contributed by atoms with Crippen LogP contribution in [0.1, 0.15) is 36.2 Å². The summed E-state index contributed by atoms with van der Waals surface area (Å²) in [5.74, 6) is -0.989. The lowest BCUT2D eigenvalue weighted by atomic mass is 10.1. The third kappa shape index (κ3) is 6.86. The third-order valence-corrected chi connectivity index (χ3v) is 2.67. The van der Waals surface area contributed by atoms with Gasteiger partial charge in [-0.2, -0.15) is 5.26 Å². The van der Waals surface area contributed by atoms with Crippen molar-refractivity contribution < 1.29 is 19.1 Å². The Labute approximate surface area is 130 Å². The number of esters is 1. The fourth-order valence-electron chi connectivity index (χ4n) is 1.52. The van der Waals surface area contributed by atoms with E-state index in [4.69, 9.17) is 14.7 Å². The lowest BCUT2D eigenvalue weighted by Crippen LogP contribution is -2.29. The van der Waals surface area contributed by atoms with Crippen molar-refractivity contribution in [3.05, 3.63) is 35.4 Å². The van der Waals surface area contributed by atoms with Crippen LogP contribution in [-0.4, -0.2) is 31.1 Å². The largest absolute Gasteiger partial charge is 0.452 e. The number of nitriles is 1. The van der Waals surface area contributed by atoms with Gasteiger partial charge in [0.15, 0.2) is 6.61 Å². The van der Waals surface area contributed by atoms with E-state index in [2.05, 4.69) is 5.32 Å². The number of rotatable bonds is 8. The predicted molar refractivity (Wildman–Crippen MR) is 79.9 cm³/mol. The van der Waals surface area contributed by atoms with E-state index in [0.717, 1.165) is 5.56 Å². The van der Waals surface area contributed by atoms with Crippen molar-refractivity contribution in [3.8, 4) is 6.07 Å². The average molecular weight is 304 g/mol. The first-order valence-electron chi connectivity index (χ1n) is 7.04. The number of carbonyl (C=O) groups is 2. The summed E-state index contributed by atoms with van der Waals surface area (Å²) < 4.78 is 10.4. The first-order valence-corrected chi connectivity index (χ1v) is 7.04. The molecule has 6 heteroatoms. The molecule has 0 radical (unpaired) electrons. The van der Waals surface area contributed by atoms with Crippen LogP contribution >= 0.6 is 0 Å². The van der Waals surface area contributed by atoms with Crippen LogP contribution < -0.4 is 5.32 Å². The first-order chi connectivity index (χ1) is 10.5. The van der Waals surface area contributed by atoms with Crippen LogP contribution in [0, 0.1) is 11.3 Å². The van der Waals surface area contributed by atoms with Gasteiger partial charge in [0, 0.05) is 6.54 Å². The molecule has 0 saturated carbocycles. The minimum atomic E-state index is -0.563. The summed E-state index contributed by atoms with van der Waals surface area (Å²) in [7, 11) is 0. The number of amides is 1. The highest BCUT2D eigenvalue weighted by Gasteiger charge is 2.10. The lowest BCUT2D eigenvalue weighted by Gasteiger charge is -2.08. The number of hydrogen-bond acceptors (Lipinski definition) is 5. The maximum Gasteiger partial charge on any atom is 0.338 e. The standard InChI is InChI=1S/C16H20N2O4/c1-12(2)21-10-13-4-6-14(7-5-13)16(20)22-11-15(19)18-9-3-8-17/h4-7,12H,3,9-11H2,1-2H3,(H,18,19). The summed E-state index contributed by atoms with van der Waals surface area (Å²) in [6.07, 6.45) is 0.365. The fraction of sp³-hybridized carbons (Fsp3) is 0.438. The Morgan fingerprint density at radius 1 is 1.27 bits per heavy atom. The quantitative estimate of drug-likeness (QED) is 0.584. The maximum absolute atomic E-state index is 11.8. The number of benzene rings is 1. The molecule has 1 amide bonds. The summed E-state index contributed by atoms with van der Waals surface area (Å²) in [5, 5.41) is 10.8. The van der Waals surface area contributed by atoms with Crippen molar-refractivity contribution in [1.29, 1.82) is 5.26 Å². The van der Waals surface area contributed by atoms with Gasteiger partial charge in [0.1, 0.15) is 0 Å². The third-order valence-electron chi connectivity index (χ3n) is 2.67. The molecular weight excluding hydrogens is 284 g/mol. The molecule has 0 aliphatic rings. The van der Waals surface area contributed by atoms with Crippen LogP contribution in [0.5, 0.6) is 0 Å². The molecule has 1 aromatic rings. The van der Waals surface area contributed by atoms with Crippen LogP contribution in [0.3, 0.4) is 0 Å². The molecule has 0 spiro atoms. The molecule has 1 N–H and O–H groups in total. The second-order valence-corrected chi connectivity index (χ2v) is 4.89. The normalized spacial score (nSPS) is 10.1. The topological polar surface area (TPSA) is 88.4 Å².